The maximum absolute atomic E-state index is 11.7. The van der Waals surface area contributed by atoms with Crippen molar-refractivity contribution in [3.05, 3.63) is 36.2 Å². The zero-order valence-electron chi connectivity index (χ0n) is 10.7. The van der Waals surface area contributed by atoms with Crippen molar-refractivity contribution in [3.63, 3.8) is 0 Å². The number of rotatable bonds is 4. The third-order valence-corrected chi connectivity index (χ3v) is 3.85. The molecule has 0 saturated carbocycles. The molecule has 0 aliphatic carbocycles. The first kappa shape index (κ1) is 14.7. The molecule has 10 heteroatoms. The van der Waals surface area contributed by atoms with E-state index in [1.807, 2.05) is 4.72 Å². The highest BCUT2D eigenvalue weighted by Gasteiger charge is 2.15. The van der Waals surface area contributed by atoms with E-state index >= 15 is 0 Å². The molecule has 0 unspecified atom stereocenters. The Morgan fingerprint density at radius 3 is 2.33 bits per heavy atom. The maximum atomic E-state index is 11.7. The van der Waals surface area contributed by atoms with Crippen molar-refractivity contribution in [2.45, 2.75) is 11.8 Å². The molecule has 0 radical (unpaired) electrons. The van der Waals surface area contributed by atoms with Crippen molar-refractivity contribution in [3.8, 4) is 5.69 Å². The Bertz CT molecular complexity index is 794. The molecule has 2 N–H and O–H groups in total. The van der Waals surface area contributed by atoms with Crippen LogP contribution in [0.2, 0.25) is 0 Å². The van der Waals surface area contributed by atoms with Gasteiger partial charge in [-0.3, -0.25) is 4.79 Å². The van der Waals surface area contributed by atoms with Gasteiger partial charge in [-0.25, -0.2) is 22.6 Å². The molecule has 1 heterocycles. The predicted octanol–water partition coefficient (Wildman–Crippen LogP) is -0.210. The van der Waals surface area contributed by atoms with Gasteiger partial charge in [0.05, 0.1) is 16.8 Å². The van der Waals surface area contributed by atoms with Crippen LogP contribution in [0.3, 0.4) is 0 Å². The van der Waals surface area contributed by atoms with E-state index < -0.39 is 21.9 Å². The van der Waals surface area contributed by atoms with Crippen molar-refractivity contribution in [1.29, 1.82) is 0 Å². The van der Waals surface area contributed by atoms with E-state index in [0.29, 0.717) is 5.69 Å². The third kappa shape index (κ3) is 3.23. The summed E-state index contributed by atoms with van der Waals surface area (Å²) in [4.78, 5) is 21.4. The number of carboxylic acid groups (broad SMARTS) is 1. The lowest BCUT2D eigenvalue weighted by Crippen LogP contribution is -2.28. The van der Waals surface area contributed by atoms with Crippen LogP contribution in [0.25, 0.3) is 5.69 Å². The van der Waals surface area contributed by atoms with E-state index in [9.17, 15) is 18.0 Å². The number of carbonyl (C=O) groups is 2. The summed E-state index contributed by atoms with van der Waals surface area (Å²) in [5.41, 5.74) is 0.196. The Morgan fingerprint density at radius 2 is 1.86 bits per heavy atom. The highest BCUT2D eigenvalue weighted by atomic mass is 32.2. The van der Waals surface area contributed by atoms with Gasteiger partial charge >= 0.3 is 5.97 Å². The SMILES string of the molecule is CC(=O)NS(=O)(=O)c1ccc(-n2cc(C(=O)O)nn2)cc1. The fraction of sp³-hybridized carbons (Fsp3) is 0.0909. The number of aromatic nitrogens is 3. The molecule has 0 aliphatic heterocycles. The lowest BCUT2D eigenvalue weighted by Gasteiger charge is -2.05. The topological polar surface area (TPSA) is 131 Å². The minimum Gasteiger partial charge on any atom is -0.476 e. The minimum atomic E-state index is -3.91. The van der Waals surface area contributed by atoms with E-state index in [2.05, 4.69) is 10.3 Å². The Kier molecular flexibility index (Phi) is 3.72. The number of aromatic carboxylic acids is 1. The molecule has 0 aliphatic rings. The molecule has 0 saturated heterocycles. The zero-order valence-corrected chi connectivity index (χ0v) is 11.5. The largest absolute Gasteiger partial charge is 0.476 e. The summed E-state index contributed by atoms with van der Waals surface area (Å²) in [6.45, 7) is 1.09. The summed E-state index contributed by atoms with van der Waals surface area (Å²) < 4.78 is 26.5. The highest BCUT2D eigenvalue weighted by molar-refractivity contribution is 7.90. The molecule has 1 aromatic heterocycles. The van der Waals surface area contributed by atoms with Crippen LogP contribution in [0.15, 0.2) is 35.4 Å². The Balaban J connectivity index is 2.30. The molecule has 0 bridgehead atoms. The molecule has 0 atom stereocenters. The van der Waals surface area contributed by atoms with Crippen molar-refractivity contribution >= 4 is 21.9 Å². The van der Waals surface area contributed by atoms with Gasteiger partial charge in [0.2, 0.25) is 5.91 Å². The van der Waals surface area contributed by atoms with Crippen LogP contribution < -0.4 is 4.72 Å². The summed E-state index contributed by atoms with van der Waals surface area (Å²) in [6, 6.07) is 5.36. The first-order valence-electron chi connectivity index (χ1n) is 5.59. The van der Waals surface area contributed by atoms with Gasteiger partial charge < -0.3 is 5.11 Å². The van der Waals surface area contributed by atoms with Crippen molar-refractivity contribution in [2.24, 2.45) is 0 Å². The average molecular weight is 310 g/mol. The Hall–Kier alpha value is -2.75. The first-order chi connectivity index (χ1) is 9.79. The van der Waals surface area contributed by atoms with Gasteiger partial charge in [-0.1, -0.05) is 5.21 Å². The van der Waals surface area contributed by atoms with E-state index in [4.69, 9.17) is 5.11 Å². The van der Waals surface area contributed by atoms with Crippen molar-refractivity contribution in [1.82, 2.24) is 19.7 Å². The number of carbonyl (C=O) groups excluding carboxylic acids is 1. The maximum Gasteiger partial charge on any atom is 0.358 e. The summed E-state index contributed by atoms with van der Waals surface area (Å²) in [6.07, 6.45) is 1.19. The number of sulfonamides is 1. The van der Waals surface area contributed by atoms with E-state index in [0.717, 1.165) is 6.92 Å². The van der Waals surface area contributed by atoms with Gasteiger partial charge in [-0.15, -0.1) is 5.10 Å². The van der Waals surface area contributed by atoms with Crippen LogP contribution in [0.5, 0.6) is 0 Å². The lowest BCUT2D eigenvalue weighted by atomic mass is 10.3. The smallest absolute Gasteiger partial charge is 0.358 e. The molecule has 9 nitrogen and oxygen atoms in total. The Morgan fingerprint density at radius 1 is 1.24 bits per heavy atom. The lowest BCUT2D eigenvalue weighted by molar-refractivity contribution is -0.117. The predicted molar refractivity (Wildman–Crippen MR) is 69.3 cm³/mol. The second-order valence-corrected chi connectivity index (χ2v) is 5.69. The third-order valence-electron chi connectivity index (χ3n) is 2.40. The fourth-order valence-electron chi connectivity index (χ4n) is 1.51. The normalized spacial score (nSPS) is 11.1. The molecule has 110 valence electrons. The quantitative estimate of drug-likeness (QED) is 0.798. The van der Waals surface area contributed by atoms with Gasteiger partial charge in [0.15, 0.2) is 5.69 Å². The van der Waals surface area contributed by atoms with Crippen LogP contribution in [-0.4, -0.2) is 40.4 Å². The number of amides is 1. The second kappa shape index (κ2) is 5.32. The Labute approximate surface area is 119 Å². The number of hydrogen-bond donors (Lipinski definition) is 2. The molecular weight excluding hydrogens is 300 g/mol. The van der Waals surface area contributed by atoms with Gasteiger partial charge in [-0.2, -0.15) is 0 Å². The summed E-state index contributed by atoms with van der Waals surface area (Å²) in [5.74, 6) is -1.91. The summed E-state index contributed by atoms with van der Waals surface area (Å²) >= 11 is 0. The average Bonchev–Trinajstić information content (AvgIpc) is 2.87. The summed E-state index contributed by atoms with van der Waals surface area (Å²) in [5, 5.41) is 15.8. The van der Waals surface area contributed by atoms with Crippen LogP contribution >= 0.6 is 0 Å². The second-order valence-electron chi connectivity index (χ2n) is 4.01. The van der Waals surface area contributed by atoms with E-state index in [-0.39, 0.29) is 10.6 Å². The number of nitrogens with zero attached hydrogens (tertiary/aromatic N) is 3. The number of carboxylic acids is 1. The number of benzene rings is 1. The molecule has 0 fully saturated rings. The molecule has 0 spiro atoms. The van der Waals surface area contributed by atoms with Gasteiger partial charge in [0, 0.05) is 6.92 Å². The number of nitrogens with one attached hydrogen (secondary N) is 1. The minimum absolute atomic E-state index is 0.0972. The standard InChI is InChI=1S/C11H10N4O5S/c1-7(16)13-21(19,20)9-4-2-8(3-5-9)15-6-10(11(17)18)12-14-15/h2-6H,1H3,(H,13,16)(H,17,18). The highest BCUT2D eigenvalue weighted by Crippen LogP contribution is 2.13. The van der Waals surface area contributed by atoms with Gasteiger partial charge in [-0.05, 0) is 24.3 Å². The van der Waals surface area contributed by atoms with Gasteiger partial charge in [0.25, 0.3) is 10.0 Å². The van der Waals surface area contributed by atoms with Crippen LogP contribution in [0, 0.1) is 0 Å². The first-order valence-corrected chi connectivity index (χ1v) is 7.07. The monoisotopic (exact) mass is 310 g/mol. The van der Waals surface area contributed by atoms with Crippen molar-refractivity contribution in [2.75, 3.05) is 0 Å². The van der Waals surface area contributed by atoms with Crippen LogP contribution in [0.1, 0.15) is 17.4 Å². The summed E-state index contributed by atoms with van der Waals surface area (Å²) in [7, 11) is -3.91. The van der Waals surface area contributed by atoms with Crippen LogP contribution in [0.4, 0.5) is 0 Å². The molecule has 21 heavy (non-hydrogen) atoms. The van der Waals surface area contributed by atoms with Crippen LogP contribution in [-0.2, 0) is 14.8 Å². The molecular formula is C11H10N4O5S. The zero-order chi connectivity index (χ0) is 15.6. The molecule has 1 aromatic carbocycles. The fourth-order valence-corrected chi connectivity index (χ4v) is 2.50. The molecule has 2 rings (SSSR count). The molecule has 1 amide bonds. The van der Waals surface area contributed by atoms with E-state index in [1.54, 1.807) is 0 Å². The van der Waals surface area contributed by atoms with Gasteiger partial charge in [0.1, 0.15) is 0 Å². The van der Waals surface area contributed by atoms with Crippen molar-refractivity contribution < 1.29 is 23.1 Å². The number of hydrogen-bond acceptors (Lipinski definition) is 6. The van der Waals surface area contributed by atoms with E-state index in [1.165, 1.54) is 35.1 Å². The molecule has 2 aromatic rings.